The highest BCUT2D eigenvalue weighted by Gasteiger charge is 2.56. The van der Waals surface area contributed by atoms with Crippen molar-refractivity contribution in [3.05, 3.63) is 0 Å². The molecule has 0 unspecified atom stereocenters. The minimum atomic E-state index is -2.37. The Morgan fingerprint density at radius 3 is 2.00 bits per heavy atom. The van der Waals surface area contributed by atoms with Crippen LogP contribution in [0.4, 0.5) is 0 Å². The van der Waals surface area contributed by atoms with Gasteiger partial charge >= 0.3 is 0 Å². The van der Waals surface area contributed by atoms with Gasteiger partial charge in [-0.05, 0) is 0 Å². The zero-order valence-corrected chi connectivity index (χ0v) is 12.0. The summed E-state index contributed by atoms with van der Waals surface area (Å²) in [5.74, 6) is -2.37. The fraction of sp³-hybridized carbons (Fsp3) is 1.00. The predicted octanol–water partition coefficient (Wildman–Crippen LogP) is -5.40. The molecule has 11 nitrogen and oxygen atoms in total. The maximum absolute atomic E-state index is 10.00. The average molecular weight is 342 g/mol. The number of aliphatic hydroxyl groups is 8. The third kappa shape index (κ3) is 3.36. The molecule has 8 N–H and O–H groups in total. The maximum atomic E-state index is 10.00. The van der Waals surface area contributed by atoms with Crippen molar-refractivity contribution in [2.24, 2.45) is 0 Å². The second-order valence-corrected chi connectivity index (χ2v) is 5.58. The van der Waals surface area contributed by atoms with Gasteiger partial charge in [0.05, 0.1) is 19.8 Å². The van der Waals surface area contributed by atoms with Crippen molar-refractivity contribution in [3.63, 3.8) is 0 Å². The molecular weight excluding hydrogens is 320 g/mol. The average Bonchev–Trinajstić information content (AvgIpc) is 2.80. The van der Waals surface area contributed by atoms with Gasteiger partial charge in [-0.3, -0.25) is 0 Å². The van der Waals surface area contributed by atoms with E-state index in [1.54, 1.807) is 0 Å². The first-order chi connectivity index (χ1) is 10.8. The molecule has 0 bridgehead atoms. The first kappa shape index (κ1) is 18.9. The van der Waals surface area contributed by atoms with Gasteiger partial charge in [0.1, 0.15) is 42.7 Å². The molecule has 0 aromatic heterocycles. The van der Waals surface area contributed by atoms with Gasteiger partial charge in [0, 0.05) is 0 Å². The molecule has 2 aliphatic heterocycles. The second-order valence-electron chi connectivity index (χ2n) is 5.58. The molecule has 2 heterocycles. The molecule has 2 rings (SSSR count). The van der Waals surface area contributed by atoms with Crippen molar-refractivity contribution >= 4 is 0 Å². The van der Waals surface area contributed by atoms with E-state index in [-0.39, 0.29) is 0 Å². The van der Waals surface area contributed by atoms with Crippen molar-refractivity contribution in [1.82, 2.24) is 0 Å². The fourth-order valence-electron chi connectivity index (χ4n) is 2.63. The van der Waals surface area contributed by atoms with Gasteiger partial charge in [0.2, 0.25) is 5.79 Å². The summed E-state index contributed by atoms with van der Waals surface area (Å²) in [5, 5.41) is 76.5. The molecule has 136 valence electrons. The molecule has 0 spiro atoms. The molecule has 0 radical (unpaired) electrons. The van der Waals surface area contributed by atoms with Gasteiger partial charge in [0.15, 0.2) is 6.29 Å². The van der Waals surface area contributed by atoms with Crippen LogP contribution >= 0.6 is 0 Å². The standard InChI is InChI=1S/C12H22O11/c13-1-4-6(16)7(17)8(18)11(21-4)22-9-5(2-14)23-12(20,3-15)10(9)19/h4-11,13-20H,1-3H2/t4-,5-,6-,7+,8-,9-,10+,11-,12-/m1/s1. The van der Waals surface area contributed by atoms with Crippen LogP contribution in [-0.2, 0) is 14.2 Å². The van der Waals surface area contributed by atoms with Gasteiger partial charge in [-0.25, -0.2) is 0 Å². The fourth-order valence-corrected chi connectivity index (χ4v) is 2.63. The van der Waals surface area contributed by atoms with Gasteiger partial charge in [-0.15, -0.1) is 0 Å². The smallest absolute Gasteiger partial charge is 0.219 e. The third-order valence-electron chi connectivity index (χ3n) is 4.04. The largest absolute Gasteiger partial charge is 0.394 e. The van der Waals surface area contributed by atoms with Crippen molar-refractivity contribution < 1.29 is 55.1 Å². The van der Waals surface area contributed by atoms with Crippen LogP contribution in [-0.4, -0.2) is 115 Å². The number of aliphatic hydroxyl groups excluding tert-OH is 7. The molecule has 2 fully saturated rings. The molecule has 2 saturated heterocycles. The van der Waals surface area contributed by atoms with Crippen LogP contribution in [0.15, 0.2) is 0 Å². The summed E-state index contributed by atoms with van der Waals surface area (Å²) in [6.07, 6.45) is -12.2. The normalized spacial score (nSPS) is 51.1. The van der Waals surface area contributed by atoms with Crippen molar-refractivity contribution in [3.8, 4) is 0 Å². The Bertz CT molecular complexity index is 393. The number of hydrogen-bond acceptors (Lipinski definition) is 11. The molecule has 0 saturated carbocycles. The highest BCUT2D eigenvalue weighted by atomic mass is 16.7. The zero-order chi connectivity index (χ0) is 17.4. The van der Waals surface area contributed by atoms with Crippen molar-refractivity contribution in [2.45, 2.75) is 54.8 Å². The van der Waals surface area contributed by atoms with Gasteiger partial charge in [-0.2, -0.15) is 0 Å². The Morgan fingerprint density at radius 1 is 0.870 bits per heavy atom. The lowest BCUT2D eigenvalue weighted by molar-refractivity contribution is -0.318. The SMILES string of the molecule is OC[C@H]1O[C@H](O[C@@H]2[C@@H](CO)O[C@](O)(CO)[C@H]2O)[C@H](O)[C@@H](O)[C@@H]1O. The molecule has 0 aromatic carbocycles. The lowest BCUT2D eigenvalue weighted by Crippen LogP contribution is -2.60. The quantitative estimate of drug-likeness (QED) is 0.238. The van der Waals surface area contributed by atoms with Crippen LogP contribution in [0.1, 0.15) is 0 Å². The summed E-state index contributed by atoms with van der Waals surface area (Å²) in [5.41, 5.74) is 0. The number of ether oxygens (including phenoxy) is 3. The molecule has 9 atom stereocenters. The molecule has 11 heteroatoms. The van der Waals surface area contributed by atoms with Crippen LogP contribution in [0.25, 0.3) is 0 Å². The number of rotatable bonds is 5. The van der Waals surface area contributed by atoms with E-state index in [1.165, 1.54) is 0 Å². The van der Waals surface area contributed by atoms with Crippen molar-refractivity contribution in [2.75, 3.05) is 19.8 Å². The topological polar surface area (TPSA) is 190 Å². The Labute approximate surface area is 130 Å². The summed E-state index contributed by atoms with van der Waals surface area (Å²) >= 11 is 0. The summed E-state index contributed by atoms with van der Waals surface area (Å²) in [6, 6.07) is 0. The van der Waals surface area contributed by atoms with Gasteiger partial charge in [-0.1, -0.05) is 0 Å². The van der Waals surface area contributed by atoms with Crippen LogP contribution in [0, 0.1) is 0 Å². The highest BCUT2D eigenvalue weighted by molar-refractivity contribution is 4.98. The molecule has 0 amide bonds. The van der Waals surface area contributed by atoms with Crippen LogP contribution in [0.2, 0.25) is 0 Å². The first-order valence-corrected chi connectivity index (χ1v) is 7.05. The zero-order valence-electron chi connectivity index (χ0n) is 12.0. The van der Waals surface area contributed by atoms with E-state index in [4.69, 9.17) is 24.4 Å². The summed E-state index contributed by atoms with van der Waals surface area (Å²) < 4.78 is 15.3. The van der Waals surface area contributed by atoms with Gasteiger partial charge < -0.3 is 55.1 Å². The summed E-state index contributed by atoms with van der Waals surface area (Å²) in [7, 11) is 0. The molecular formula is C12H22O11. The van der Waals surface area contributed by atoms with E-state index < -0.39 is 74.6 Å². The Balaban J connectivity index is 2.13. The Morgan fingerprint density at radius 2 is 1.48 bits per heavy atom. The lowest BCUT2D eigenvalue weighted by Gasteiger charge is -2.41. The van der Waals surface area contributed by atoms with Crippen LogP contribution in [0.5, 0.6) is 0 Å². The van der Waals surface area contributed by atoms with E-state index in [0.717, 1.165) is 0 Å². The van der Waals surface area contributed by atoms with E-state index in [2.05, 4.69) is 0 Å². The molecule has 0 aliphatic carbocycles. The lowest BCUT2D eigenvalue weighted by atomic mass is 9.99. The first-order valence-electron chi connectivity index (χ1n) is 7.05. The third-order valence-corrected chi connectivity index (χ3v) is 4.04. The van der Waals surface area contributed by atoms with E-state index in [9.17, 15) is 30.6 Å². The minimum absolute atomic E-state index is 0.668. The minimum Gasteiger partial charge on any atom is -0.394 e. The second kappa shape index (κ2) is 7.21. The highest BCUT2D eigenvalue weighted by Crippen LogP contribution is 2.33. The molecule has 2 aliphatic rings. The summed E-state index contributed by atoms with van der Waals surface area (Å²) in [6.45, 7) is -2.32. The van der Waals surface area contributed by atoms with Gasteiger partial charge in [0.25, 0.3) is 0 Å². The Hall–Kier alpha value is -0.440. The van der Waals surface area contributed by atoms with E-state index in [0.29, 0.717) is 0 Å². The number of hydrogen-bond donors (Lipinski definition) is 8. The predicted molar refractivity (Wildman–Crippen MR) is 68.6 cm³/mol. The van der Waals surface area contributed by atoms with Crippen molar-refractivity contribution in [1.29, 1.82) is 0 Å². The molecule has 23 heavy (non-hydrogen) atoms. The van der Waals surface area contributed by atoms with E-state index >= 15 is 0 Å². The summed E-state index contributed by atoms with van der Waals surface area (Å²) in [4.78, 5) is 0. The van der Waals surface area contributed by atoms with Crippen LogP contribution in [0.3, 0.4) is 0 Å². The maximum Gasteiger partial charge on any atom is 0.219 e. The van der Waals surface area contributed by atoms with E-state index in [1.807, 2.05) is 0 Å². The monoisotopic (exact) mass is 342 g/mol. The van der Waals surface area contributed by atoms with Crippen LogP contribution < -0.4 is 0 Å². The Kier molecular flexibility index (Phi) is 5.92. The molecule has 0 aromatic rings.